The van der Waals surface area contributed by atoms with E-state index >= 15 is 0 Å². The van der Waals surface area contributed by atoms with Crippen molar-refractivity contribution in [2.24, 2.45) is 5.92 Å². The summed E-state index contributed by atoms with van der Waals surface area (Å²) in [6.07, 6.45) is 3.83. The molecule has 0 heterocycles. The van der Waals surface area contributed by atoms with Crippen molar-refractivity contribution in [3.8, 4) is 0 Å². The molecule has 0 bridgehead atoms. The SMILES string of the molecule is CC1CCC(S(C)(=O)=O)C(Cl)C1. The molecule has 1 aliphatic carbocycles. The first-order valence-electron chi connectivity index (χ1n) is 4.24. The first-order chi connectivity index (χ1) is 5.41. The van der Waals surface area contributed by atoms with Gasteiger partial charge in [0.25, 0.3) is 0 Å². The maximum atomic E-state index is 11.2. The Labute approximate surface area is 79.2 Å². The number of alkyl halides is 1. The zero-order valence-corrected chi connectivity index (χ0v) is 9.03. The average Bonchev–Trinajstić information content (AvgIpc) is 1.83. The third-order valence-electron chi connectivity index (χ3n) is 2.52. The van der Waals surface area contributed by atoms with Gasteiger partial charge in [0.05, 0.1) is 10.6 Å². The molecule has 0 amide bonds. The van der Waals surface area contributed by atoms with Crippen LogP contribution in [0.2, 0.25) is 0 Å². The van der Waals surface area contributed by atoms with Gasteiger partial charge < -0.3 is 0 Å². The molecule has 1 fully saturated rings. The zero-order chi connectivity index (χ0) is 9.35. The number of sulfone groups is 1. The molecule has 1 saturated carbocycles. The smallest absolute Gasteiger partial charge is 0.151 e. The molecule has 0 aliphatic heterocycles. The van der Waals surface area contributed by atoms with Crippen molar-refractivity contribution in [3.63, 3.8) is 0 Å². The third kappa shape index (κ3) is 2.36. The Hall–Kier alpha value is 0.240. The minimum atomic E-state index is -2.93. The summed E-state index contributed by atoms with van der Waals surface area (Å²) in [4.78, 5) is 0. The fraction of sp³-hybridized carbons (Fsp3) is 1.00. The minimum Gasteiger partial charge on any atom is -0.229 e. The molecule has 72 valence electrons. The van der Waals surface area contributed by atoms with Gasteiger partial charge in [-0.05, 0) is 25.2 Å². The second-order valence-electron chi connectivity index (χ2n) is 3.80. The second-order valence-corrected chi connectivity index (χ2v) is 6.63. The van der Waals surface area contributed by atoms with Crippen LogP contribution in [-0.4, -0.2) is 25.3 Å². The van der Waals surface area contributed by atoms with E-state index in [9.17, 15) is 8.42 Å². The molecule has 0 spiro atoms. The lowest BCUT2D eigenvalue weighted by Crippen LogP contribution is -2.35. The van der Waals surface area contributed by atoms with Gasteiger partial charge in [-0.2, -0.15) is 0 Å². The van der Waals surface area contributed by atoms with Gasteiger partial charge in [0, 0.05) is 6.26 Å². The van der Waals surface area contributed by atoms with E-state index in [1.807, 2.05) is 0 Å². The monoisotopic (exact) mass is 210 g/mol. The third-order valence-corrected chi connectivity index (χ3v) is 4.82. The lowest BCUT2D eigenvalue weighted by molar-refractivity contribution is 0.388. The molecule has 12 heavy (non-hydrogen) atoms. The highest BCUT2D eigenvalue weighted by Gasteiger charge is 2.33. The Bertz CT molecular complexity index is 248. The lowest BCUT2D eigenvalue weighted by Gasteiger charge is -2.29. The Kier molecular flexibility index (Phi) is 3.05. The van der Waals surface area contributed by atoms with Gasteiger partial charge in [-0.3, -0.25) is 0 Å². The fourth-order valence-corrected chi connectivity index (χ4v) is 3.97. The van der Waals surface area contributed by atoms with Crippen molar-refractivity contribution in [2.45, 2.75) is 36.8 Å². The van der Waals surface area contributed by atoms with E-state index in [1.54, 1.807) is 0 Å². The maximum absolute atomic E-state index is 11.2. The predicted octanol–water partition coefficient (Wildman–Crippen LogP) is 1.83. The number of hydrogen-bond donors (Lipinski definition) is 0. The van der Waals surface area contributed by atoms with Gasteiger partial charge >= 0.3 is 0 Å². The van der Waals surface area contributed by atoms with Gasteiger partial charge in [0.2, 0.25) is 0 Å². The summed E-state index contributed by atoms with van der Waals surface area (Å²) in [5.74, 6) is 0.575. The van der Waals surface area contributed by atoms with E-state index in [2.05, 4.69) is 6.92 Å². The molecule has 0 radical (unpaired) electrons. The van der Waals surface area contributed by atoms with Crippen molar-refractivity contribution in [3.05, 3.63) is 0 Å². The maximum Gasteiger partial charge on any atom is 0.151 e. The van der Waals surface area contributed by atoms with E-state index in [0.29, 0.717) is 5.92 Å². The number of hydrogen-bond acceptors (Lipinski definition) is 2. The molecule has 2 nitrogen and oxygen atoms in total. The summed E-state index contributed by atoms with van der Waals surface area (Å²) < 4.78 is 22.4. The summed E-state index contributed by atoms with van der Waals surface area (Å²) in [5, 5.41) is -0.487. The molecule has 0 aromatic heterocycles. The quantitative estimate of drug-likeness (QED) is 0.619. The molecule has 0 aromatic rings. The summed E-state index contributed by atoms with van der Waals surface area (Å²) in [6, 6.07) is 0. The van der Waals surface area contributed by atoms with Crippen LogP contribution in [0.5, 0.6) is 0 Å². The minimum absolute atomic E-state index is 0.177. The molecule has 1 rings (SSSR count). The standard InChI is InChI=1S/C8H15ClO2S/c1-6-3-4-8(7(9)5-6)12(2,10)11/h6-8H,3-5H2,1-2H3. The van der Waals surface area contributed by atoms with Crippen LogP contribution in [-0.2, 0) is 9.84 Å². The van der Waals surface area contributed by atoms with Crippen LogP contribution in [0.15, 0.2) is 0 Å². The fourth-order valence-electron chi connectivity index (χ4n) is 1.77. The summed E-state index contributed by atoms with van der Waals surface area (Å²) >= 11 is 5.98. The molecule has 3 atom stereocenters. The van der Waals surface area contributed by atoms with Crippen molar-refractivity contribution in [2.75, 3.05) is 6.26 Å². The Morgan fingerprint density at radius 1 is 1.33 bits per heavy atom. The van der Waals surface area contributed by atoms with Crippen LogP contribution < -0.4 is 0 Å². The Morgan fingerprint density at radius 2 is 1.92 bits per heavy atom. The van der Waals surface area contributed by atoms with Crippen LogP contribution in [0.1, 0.15) is 26.2 Å². The highest BCUT2D eigenvalue weighted by molar-refractivity contribution is 7.91. The molecule has 0 N–H and O–H groups in total. The number of halogens is 1. The first-order valence-corrected chi connectivity index (χ1v) is 6.63. The lowest BCUT2D eigenvalue weighted by atomic mass is 9.90. The van der Waals surface area contributed by atoms with E-state index in [4.69, 9.17) is 11.6 Å². The van der Waals surface area contributed by atoms with Crippen molar-refractivity contribution >= 4 is 21.4 Å². The van der Waals surface area contributed by atoms with Crippen molar-refractivity contribution in [1.29, 1.82) is 0 Å². The summed E-state index contributed by atoms with van der Waals surface area (Å²) in [6.45, 7) is 2.12. The zero-order valence-electron chi connectivity index (χ0n) is 7.46. The summed E-state index contributed by atoms with van der Waals surface area (Å²) in [5.41, 5.74) is 0. The van der Waals surface area contributed by atoms with Gasteiger partial charge in [-0.15, -0.1) is 11.6 Å². The molecular weight excluding hydrogens is 196 g/mol. The highest BCUT2D eigenvalue weighted by Crippen LogP contribution is 2.31. The second kappa shape index (κ2) is 3.54. The van der Waals surface area contributed by atoms with Gasteiger partial charge in [-0.25, -0.2) is 8.42 Å². The normalized spacial score (nSPS) is 38.1. The first kappa shape index (κ1) is 10.3. The van der Waals surface area contributed by atoms with Crippen LogP contribution in [0, 0.1) is 5.92 Å². The van der Waals surface area contributed by atoms with Crippen molar-refractivity contribution < 1.29 is 8.42 Å². The largest absolute Gasteiger partial charge is 0.229 e. The van der Waals surface area contributed by atoms with Crippen molar-refractivity contribution in [1.82, 2.24) is 0 Å². The van der Waals surface area contributed by atoms with Crippen LogP contribution in [0.4, 0.5) is 0 Å². The Balaban J connectivity index is 2.69. The van der Waals surface area contributed by atoms with Crippen LogP contribution in [0.25, 0.3) is 0 Å². The average molecular weight is 211 g/mol. The molecule has 0 aromatic carbocycles. The predicted molar refractivity (Wildman–Crippen MR) is 51.3 cm³/mol. The molecular formula is C8H15ClO2S. The molecule has 1 aliphatic rings. The van der Waals surface area contributed by atoms with E-state index in [0.717, 1.165) is 19.3 Å². The van der Waals surface area contributed by atoms with E-state index in [1.165, 1.54) is 6.26 Å². The van der Waals surface area contributed by atoms with Crippen LogP contribution >= 0.6 is 11.6 Å². The van der Waals surface area contributed by atoms with Gasteiger partial charge in [0.1, 0.15) is 0 Å². The topological polar surface area (TPSA) is 34.1 Å². The van der Waals surface area contributed by atoms with E-state index < -0.39 is 9.84 Å². The molecule has 0 saturated heterocycles. The molecule has 3 unspecified atom stereocenters. The van der Waals surface area contributed by atoms with E-state index in [-0.39, 0.29) is 10.6 Å². The Morgan fingerprint density at radius 3 is 2.33 bits per heavy atom. The van der Waals surface area contributed by atoms with Gasteiger partial charge in [-0.1, -0.05) is 6.92 Å². The number of rotatable bonds is 1. The summed E-state index contributed by atoms with van der Waals surface area (Å²) in [7, 11) is -2.93. The van der Waals surface area contributed by atoms with Gasteiger partial charge in [0.15, 0.2) is 9.84 Å². The van der Waals surface area contributed by atoms with Crippen LogP contribution in [0.3, 0.4) is 0 Å². The highest BCUT2D eigenvalue weighted by atomic mass is 35.5. The molecule has 4 heteroatoms.